The number of rotatable bonds is 4. The first-order valence-corrected chi connectivity index (χ1v) is 10.4. The Morgan fingerprint density at radius 3 is 2.30 bits per heavy atom. The van der Waals surface area contributed by atoms with Gasteiger partial charge in [0.25, 0.3) is 5.91 Å². The average Bonchev–Trinajstić information content (AvgIpc) is 2.91. The van der Waals surface area contributed by atoms with Crippen molar-refractivity contribution in [3.63, 3.8) is 0 Å². The number of halogens is 5. The molecule has 1 aliphatic heterocycles. The molecule has 0 saturated carbocycles. The van der Waals surface area contributed by atoms with E-state index in [4.69, 9.17) is 0 Å². The van der Waals surface area contributed by atoms with Gasteiger partial charge in [-0.25, -0.2) is 30.4 Å². The Labute approximate surface area is 169 Å². The van der Waals surface area contributed by atoms with Gasteiger partial charge < -0.3 is 5.32 Å². The highest BCUT2D eigenvalue weighted by molar-refractivity contribution is 7.89. The van der Waals surface area contributed by atoms with Gasteiger partial charge in [0.1, 0.15) is 16.9 Å². The van der Waals surface area contributed by atoms with Gasteiger partial charge in [-0.2, -0.15) is 4.31 Å². The fraction of sp³-hybridized carbons (Fsp3) is 0.316. The molecule has 5 nitrogen and oxygen atoms in total. The van der Waals surface area contributed by atoms with Crippen LogP contribution in [0.2, 0.25) is 0 Å². The zero-order valence-corrected chi connectivity index (χ0v) is 16.3. The van der Waals surface area contributed by atoms with Crippen molar-refractivity contribution < 1.29 is 35.2 Å². The van der Waals surface area contributed by atoms with E-state index >= 15 is 0 Å². The molecular weight excluding hydrogens is 431 g/mol. The molecule has 1 fully saturated rings. The van der Waals surface area contributed by atoms with E-state index in [0.717, 1.165) is 22.5 Å². The summed E-state index contributed by atoms with van der Waals surface area (Å²) in [5, 5.41) is 2.09. The monoisotopic (exact) mass is 448 g/mol. The summed E-state index contributed by atoms with van der Waals surface area (Å²) in [5.41, 5.74) is -0.718. The molecule has 1 atom stereocenters. The van der Waals surface area contributed by atoms with Crippen LogP contribution in [-0.2, 0) is 10.0 Å². The minimum atomic E-state index is -4.35. The number of hydrogen-bond donors (Lipinski definition) is 1. The summed E-state index contributed by atoms with van der Waals surface area (Å²) in [7, 11) is -4.35. The molecule has 0 radical (unpaired) electrons. The summed E-state index contributed by atoms with van der Waals surface area (Å²) in [5.74, 6) is -6.86. The number of amides is 1. The molecule has 1 aliphatic rings. The summed E-state index contributed by atoms with van der Waals surface area (Å²) < 4.78 is 94.0. The van der Waals surface area contributed by atoms with Gasteiger partial charge in [-0.05, 0) is 37.5 Å². The Kier molecular flexibility index (Phi) is 6.41. The Morgan fingerprint density at radius 1 is 0.967 bits per heavy atom. The van der Waals surface area contributed by atoms with E-state index in [1.807, 2.05) is 0 Å². The molecule has 1 amide bonds. The van der Waals surface area contributed by atoms with E-state index < -0.39 is 56.0 Å². The molecule has 0 aliphatic carbocycles. The number of nitrogens with one attached hydrogen (secondary N) is 1. The number of benzene rings is 2. The lowest BCUT2D eigenvalue weighted by molar-refractivity contribution is 0.102. The fourth-order valence-electron chi connectivity index (χ4n) is 3.08. The number of hydrogen-bond acceptors (Lipinski definition) is 3. The van der Waals surface area contributed by atoms with Gasteiger partial charge in [0.05, 0.1) is 0 Å². The third-order valence-electron chi connectivity index (χ3n) is 4.67. The molecule has 30 heavy (non-hydrogen) atoms. The molecule has 2 aromatic carbocycles. The molecule has 0 aromatic heterocycles. The largest absolute Gasteiger partial charge is 0.322 e. The molecule has 1 saturated heterocycles. The van der Waals surface area contributed by atoms with Crippen LogP contribution < -0.4 is 5.32 Å². The van der Waals surface area contributed by atoms with Crippen LogP contribution in [0.15, 0.2) is 35.2 Å². The molecule has 3 rings (SSSR count). The van der Waals surface area contributed by atoms with Crippen LogP contribution in [0.3, 0.4) is 0 Å². The predicted octanol–water partition coefficient (Wildman–Crippen LogP) is 4.01. The second-order valence-corrected chi connectivity index (χ2v) is 8.69. The Morgan fingerprint density at radius 2 is 1.63 bits per heavy atom. The number of carbonyl (C=O) groups excluding carboxylic acids is 1. The molecular formula is C19H17F5N2O3S. The highest BCUT2D eigenvalue weighted by atomic mass is 32.2. The van der Waals surface area contributed by atoms with Gasteiger partial charge in [0.2, 0.25) is 10.0 Å². The molecule has 0 spiro atoms. The predicted molar refractivity (Wildman–Crippen MR) is 98.2 cm³/mol. The number of alkyl halides is 1. The standard InChI is InChI=1S/C19H17F5N2O3S/c20-12-2-1-6-26(7-5-12)30(28,29)17-8-11(3-4-14(17)21)19(27)25-13-9-15(22)18(24)16(23)10-13/h3-4,8-10,12H,1-2,5-7H2,(H,25,27). The van der Waals surface area contributed by atoms with E-state index in [2.05, 4.69) is 5.32 Å². The summed E-state index contributed by atoms with van der Waals surface area (Å²) in [6.07, 6.45) is -0.711. The summed E-state index contributed by atoms with van der Waals surface area (Å²) in [6, 6.07) is 3.63. The smallest absolute Gasteiger partial charge is 0.255 e. The van der Waals surface area contributed by atoms with Crippen molar-refractivity contribution in [2.75, 3.05) is 18.4 Å². The van der Waals surface area contributed by atoms with E-state index in [9.17, 15) is 35.2 Å². The van der Waals surface area contributed by atoms with E-state index in [0.29, 0.717) is 12.1 Å². The topological polar surface area (TPSA) is 66.5 Å². The minimum absolute atomic E-state index is 0.00670. The fourth-order valence-corrected chi connectivity index (χ4v) is 4.67. The van der Waals surface area contributed by atoms with Crippen molar-refractivity contribution >= 4 is 21.6 Å². The van der Waals surface area contributed by atoms with Crippen LogP contribution in [0.5, 0.6) is 0 Å². The lowest BCUT2D eigenvalue weighted by Gasteiger charge is -2.20. The number of carbonyl (C=O) groups is 1. The van der Waals surface area contributed by atoms with Crippen LogP contribution in [0, 0.1) is 23.3 Å². The van der Waals surface area contributed by atoms with E-state index in [-0.39, 0.29) is 37.9 Å². The maximum atomic E-state index is 14.3. The van der Waals surface area contributed by atoms with Gasteiger partial charge in [-0.3, -0.25) is 4.79 Å². The van der Waals surface area contributed by atoms with Crippen molar-refractivity contribution in [1.29, 1.82) is 0 Å². The summed E-state index contributed by atoms with van der Waals surface area (Å²) in [6.45, 7) is -0.125. The van der Waals surface area contributed by atoms with Crippen molar-refractivity contribution in [2.24, 2.45) is 0 Å². The summed E-state index contributed by atoms with van der Waals surface area (Å²) >= 11 is 0. The van der Waals surface area contributed by atoms with Gasteiger partial charge in [-0.1, -0.05) is 0 Å². The van der Waals surface area contributed by atoms with Crippen molar-refractivity contribution in [3.05, 3.63) is 59.2 Å². The summed E-state index contributed by atoms with van der Waals surface area (Å²) in [4.78, 5) is 11.6. The van der Waals surface area contributed by atoms with Crippen LogP contribution in [-0.4, -0.2) is 37.9 Å². The van der Waals surface area contributed by atoms with Gasteiger partial charge in [0, 0.05) is 36.5 Å². The zero-order chi connectivity index (χ0) is 22.1. The van der Waals surface area contributed by atoms with Gasteiger partial charge in [-0.15, -0.1) is 0 Å². The number of nitrogens with zero attached hydrogens (tertiary/aromatic N) is 1. The van der Waals surface area contributed by atoms with Crippen LogP contribution >= 0.6 is 0 Å². The quantitative estimate of drug-likeness (QED) is 0.568. The molecule has 1 heterocycles. The van der Waals surface area contributed by atoms with Crippen LogP contribution in [0.25, 0.3) is 0 Å². The Hall–Kier alpha value is -2.53. The maximum Gasteiger partial charge on any atom is 0.255 e. The highest BCUT2D eigenvalue weighted by Crippen LogP contribution is 2.25. The van der Waals surface area contributed by atoms with Gasteiger partial charge in [0.15, 0.2) is 17.5 Å². The first-order chi connectivity index (χ1) is 14.1. The normalized spacial score (nSPS) is 18.1. The van der Waals surface area contributed by atoms with Crippen LogP contribution in [0.1, 0.15) is 29.6 Å². The third-order valence-corrected chi connectivity index (χ3v) is 6.58. The van der Waals surface area contributed by atoms with Crippen molar-refractivity contribution in [2.45, 2.75) is 30.3 Å². The van der Waals surface area contributed by atoms with Crippen molar-refractivity contribution in [3.8, 4) is 0 Å². The molecule has 162 valence electrons. The molecule has 11 heteroatoms. The number of anilines is 1. The molecule has 0 bridgehead atoms. The molecule has 1 N–H and O–H groups in total. The number of sulfonamides is 1. The third kappa shape index (κ3) is 4.62. The van der Waals surface area contributed by atoms with E-state index in [1.165, 1.54) is 0 Å². The zero-order valence-electron chi connectivity index (χ0n) is 15.5. The molecule has 2 aromatic rings. The lowest BCUT2D eigenvalue weighted by Crippen LogP contribution is -2.33. The van der Waals surface area contributed by atoms with Crippen LogP contribution in [0.4, 0.5) is 27.6 Å². The minimum Gasteiger partial charge on any atom is -0.322 e. The first kappa shape index (κ1) is 22.2. The maximum absolute atomic E-state index is 14.3. The SMILES string of the molecule is O=C(Nc1cc(F)c(F)c(F)c1)c1ccc(F)c(S(=O)(=O)N2CCCC(F)CC2)c1. The Balaban J connectivity index is 1.88. The van der Waals surface area contributed by atoms with Gasteiger partial charge >= 0.3 is 0 Å². The molecule has 1 unspecified atom stereocenters. The second kappa shape index (κ2) is 8.68. The average molecular weight is 448 g/mol. The Bertz CT molecular complexity index is 1050. The highest BCUT2D eigenvalue weighted by Gasteiger charge is 2.30. The van der Waals surface area contributed by atoms with Crippen molar-refractivity contribution in [1.82, 2.24) is 4.31 Å². The second-order valence-electron chi connectivity index (χ2n) is 6.79. The lowest BCUT2D eigenvalue weighted by atomic mass is 10.2. The van der Waals surface area contributed by atoms with E-state index in [1.54, 1.807) is 0 Å². The first-order valence-electron chi connectivity index (χ1n) is 8.99.